The lowest BCUT2D eigenvalue weighted by Gasteiger charge is -2.43. The van der Waals surface area contributed by atoms with Crippen molar-refractivity contribution in [3.8, 4) is 0 Å². The second kappa shape index (κ2) is 7.71. The highest BCUT2D eigenvalue weighted by Gasteiger charge is 2.46. The second-order valence-corrected chi connectivity index (χ2v) is 5.56. The fourth-order valence-electron chi connectivity index (χ4n) is 2.82. The van der Waals surface area contributed by atoms with Crippen LogP contribution < -0.4 is 5.32 Å². The number of aliphatic hydroxyl groups is 3. The highest BCUT2D eigenvalue weighted by Crippen LogP contribution is 2.34. The van der Waals surface area contributed by atoms with E-state index in [2.05, 4.69) is 5.32 Å². The van der Waals surface area contributed by atoms with Gasteiger partial charge in [-0.1, -0.05) is 18.2 Å². The summed E-state index contributed by atoms with van der Waals surface area (Å²) in [6.45, 7) is 0.739. The van der Waals surface area contributed by atoms with Crippen LogP contribution in [0, 0.1) is 0 Å². The molecule has 0 radical (unpaired) electrons. The Kier molecular flexibility index (Phi) is 5.89. The molecule has 2 rings (SSSR count). The number of nitrogens with one attached hydrogen (secondary N) is 1. The lowest BCUT2D eigenvalue weighted by Crippen LogP contribution is -2.61. The van der Waals surface area contributed by atoms with Gasteiger partial charge in [0.1, 0.15) is 24.4 Å². The third kappa shape index (κ3) is 3.57. The van der Waals surface area contributed by atoms with Crippen molar-refractivity contribution in [1.82, 2.24) is 5.32 Å². The quantitative estimate of drug-likeness (QED) is 0.526. The van der Waals surface area contributed by atoms with Gasteiger partial charge in [-0.15, -0.1) is 0 Å². The largest absolute Gasteiger partial charge is 0.465 e. The first kappa shape index (κ1) is 18.3. The molecule has 0 spiro atoms. The number of methoxy groups -OCH3 is 1. The molecule has 1 aliphatic rings. The van der Waals surface area contributed by atoms with Crippen LogP contribution in [0.15, 0.2) is 24.3 Å². The normalized spacial score (nSPS) is 29.8. The van der Waals surface area contributed by atoms with Crippen LogP contribution in [-0.4, -0.2) is 65.3 Å². The number of hydrogen-bond acceptors (Lipinski definition) is 7. The molecule has 0 unspecified atom stereocenters. The maximum absolute atomic E-state index is 12.0. The topological polar surface area (TPSA) is 125 Å². The minimum Gasteiger partial charge on any atom is -0.465 e. The molecule has 4 N–H and O–H groups in total. The van der Waals surface area contributed by atoms with E-state index in [0.717, 1.165) is 0 Å². The van der Waals surface area contributed by atoms with Crippen molar-refractivity contribution >= 4 is 11.9 Å². The maximum Gasteiger partial charge on any atom is 0.338 e. The van der Waals surface area contributed by atoms with Crippen LogP contribution in [0.25, 0.3) is 0 Å². The number of esters is 1. The van der Waals surface area contributed by atoms with Crippen molar-refractivity contribution in [2.24, 2.45) is 0 Å². The minimum absolute atomic E-state index is 0.209. The van der Waals surface area contributed by atoms with E-state index in [4.69, 9.17) is 9.47 Å². The van der Waals surface area contributed by atoms with Crippen LogP contribution in [0.1, 0.15) is 28.9 Å². The van der Waals surface area contributed by atoms with Gasteiger partial charge in [0.25, 0.3) is 0 Å². The van der Waals surface area contributed by atoms with Gasteiger partial charge in [-0.05, 0) is 11.6 Å². The molecule has 1 fully saturated rings. The Labute approximate surface area is 139 Å². The molecule has 0 aliphatic carbocycles. The van der Waals surface area contributed by atoms with Crippen LogP contribution in [-0.2, 0) is 14.3 Å². The summed E-state index contributed by atoms with van der Waals surface area (Å²) in [7, 11) is 1.24. The average molecular weight is 339 g/mol. The van der Waals surface area contributed by atoms with Gasteiger partial charge in [0, 0.05) is 6.92 Å². The molecule has 0 bridgehead atoms. The van der Waals surface area contributed by atoms with Gasteiger partial charge in [0.05, 0.1) is 25.3 Å². The van der Waals surface area contributed by atoms with Crippen LogP contribution in [0.3, 0.4) is 0 Å². The molecule has 8 nitrogen and oxygen atoms in total. The van der Waals surface area contributed by atoms with Crippen molar-refractivity contribution in [2.75, 3.05) is 13.7 Å². The summed E-state index contributed by atoms with van der Waals surface area (Å²) in [5.74, 6) is -1.03. The first-order valence-corrected chi connectivity index (χ1v) is 7.47. The predicted molar refractivity (Wildman–Crippen MR) is 82.1 cm³/mol. The van der Waals surface area contributed by atoms with Crippen LogP contribution in [0.5, 0.6) is 0 Å². The van der Waals surface area contributed by atoms with Gasteiger partial charge in [0.15, 0.2) is 0 Å². The number of benzene rings is 1. The van der Waals surface area contributed by atoms with E-state index in [9.17, 15) is 24.9 Å². The molecule has 5 atom stereocenters. The second-order valence-electron chi connectivity index (χ2n) is 5.56. The minimum atomic E-state index is -1.38. The summed E-state index contributed by atoms with van der Waals surface area (Å²) in [5, 5.41) is 32.3. The number of amides is 1. The zero-order chi connectivity index (χ0) is 17.9. The van der Waals surface area contributed by atoms with E-state index >= 15 is 0 Å². The number of hydrogen-bond donors (Lipinski definition) is 4. The van der Waals surface area contributed by atoms with Crippen molar-refractivity contribution in [3.63, 3.8) is 0 Å². The molecular formula is C16H21NO7. The summed E-state index contributed by atoms with van der Waals surface area (Å²) in [4.78, 5) is 23.4. The molecule has 1 heterocycles. The van der Waals surface area contributed by atoms with Crippen LogP contribution >= 0.6 is 0 Å². The lowest BCUT2D eigenvalue weighted by atomic mass is 9.87. The fourth-order valence-corrected chi connectivity index (χ4v) is 2.82. The molecule has 0 saturated carbocycles. The van der Waals surface area contributed by atoms with E-state index in [-0.39, 0.29) is 5.56 Å². The van der Waals surface area contributed by atoms with Crippen molar-refractivity contribution < 1.29 is 34.4 Å². The lowest BCUT2D eigenvalue weighted by molar-refractivity contribution is -0.197. The Bertz CT molecular complexity index is 606. The van der Waals surface area contributed by atoms with Crippen LogP contribution in [0.2, 0.25) is 0 Å². The highest BCUT2D eigenvalue weighted by atomic mass is 16.5. The summed E-state index contributed by atoms with van der Waals surface area (Å²) in [6.07, 6.45) is -4.76. The Morgan fingerprint density at radius 3 is 2.50 bits per heavy atom. The standard InChI is InChI=1S/C16H21NO7/c1-8(19)17-12-14(21)13(20)11(7-18)24-15(12)9-5-3-4-6-10(9)16(22)23-2/h3-6,11-15,18,20-21H,7H2,1-2H3,(H,17,19)/t11-,12+,13-,14-,15+/m1/s1. The van der Waals surface area contributed by atoms with E-state index in [0.29, 0.717) is 5.56 Å². The number of ether oxygens (including phenoxy) is 2. The first-order chi connectivity index (χ1) is 11.4. The Hall–Kier alpha value is -2.00. The zero-order valence-electron chi connectivity index (χ0n) is 13.4. The predicted octanol–water partition coefficient (Wildman–Crippen LogP) is -0.868. The molecule has 1 aromatic carbocycles. The van der Waals surface area contributed by atoms with Gasteiger partial charge in [-0.3, -0.25) is 4.79 Å². The monoisotopic (exact) mass is 339 g/mol. The Morgan fingerprint density at radius 1 is 1.25 bits per heavy atom. The highest BCUT2D eigenvalue weighted by molar-refractivity contribution is 5.91. The Morgan fingerprint density at radius 2 is 1.92 bits per heavy atom. The number of carbonyl (C=O) groups is 2. The number of rotatable bonds is 4. The maximum atomic E-state index is 12.0. The van der Waals surface area contributed by atoms with Crippen molar-refractivity contribution in [2.45, 2.75) is 37.4 Å². The molecule has 0 aromatic heterocycles. The van der Waals surface area contributed by atoms with E-state index in [1.165, 1.54) is 20.1 Å². The van der Waals surface area contributed by atoms with Gasteiger partial charge in [-0.2, -0.15) is 0 Å². The summed E-state index contributed by atoms with van der Waals surface area (Å²) in [5.41, 5.74) is 0.591. The fraction of sp³-hybridized carbons (Fsp3) is 0.500. The van der Waals surface area contributed by atoms with E-state index < -0.39 is 48.9 Å². The first-order valence-electron chi connectivity index (χ1n) is 7.47. The zero-order valence-corrected chi connectivity index (χ0v) is 13.4. The van der Waals surface area contributed by atoms with Gasteiger partial charge >= 0.3 is 5.97 Å². The number of aliphatic hydroxyl groups excluding tert-OH is 3. The molecule has 1 amide bonds. The number of carbonyl (C=O) groups excluding carboxylic acids is 2. The van der Waals surface area contributed by atoms with Gasteiger partial charge in [0.2, 0.25) is 5.91 Å². The van der Waals surface area contributed by atoms with Crippen molar-refractivity contribution in [1.29, 1.82) is 0 Å². The van der Waals surface area contributed by atoms with Gasteiger partial charge < -0.3 is 30.1 Å². The third-order valence-corrected chi connectivity index (χ3v) is 3.97. The van der Waals surface area contributed by atoms with Crippen LogP contribution in [0.4, 0.5) is 0 Å². The summed E-state index contributed by atoms with van der Waals surface area (Å²) >= 11 is 0. The smallest absolute Gasteiger partial charge is 0.338 e. The average Bonchev–Trinajstić information content (AvgIpc) is 2.58. The molecule has 1 saturated heterocycles. The van der Waals surface area contributed by atoms with E-state index in [1.54, 1.807) is 18.2 Å². The molecule has 1 aliphatic heterocycles. The van der Waals surface area contributed by atoms with Crippen molar-refractivity contribution in [3.05, 3.63) is 35.4 Å². The third-order valence-electron chi connectivity index (χ3n) is 3.97. The molecular weight excluding hydrogens is 318 g/mol. The summed E-state index contributed by atoms with van der Waals surface area (Å²) < 4.78 is 10.4. The van der Waals surface area contributed by atoms with Gasteiger partial charge in [-0.25, -0.2) is 4.79 Å². The van der Waals surface area contributed by atoms with E-state index in [1.807, 2.05) is 0 Å². The SMILES string of the molecule is COC(=O)c1ccccc1[C@@H]1O[C@H](CO)[C@@H](O)[C@H](O)[C@@H]1NC(C)=O. The summed E-state index contributed by atoms with van der Waals surface area (Å²) in [6, 6.07) is 5.44. The molecule has 132 valence electrons. The molecule has 24 heavy (non-hydrogen) atoms. The molecule has 8 heteroatoms. The Balaban J connectivity index is 2.47. The molecule has 1 aromatic rings.